The molecule has 6 heteroatoms. The normalized spacial score (nSPS) is 17.6. The lowest BCUT2D eigenvalue weighted by Gasteiger charge is -2.26. The molecular weight excluding hydrogens is 350 g/mol. The molecule has 1 unspecified atom stereocenters. The predicted molar refractivity (Wildman–Crippen MR) is 117 cm³/mol. The molecule has 0 spiro atoms. The van der Waals surface area contributed by atoms with Gasteiger partial charge in [-0.05, 0) is 43.4 Å². The van der Waals surface area contributed by atoms with E-state index in [0.717, 1.165) is 57.8 Å². The SMILES string of the molecule is CCc1ccc(CN(C)C(=NC)NCCCN2CCCC2C(=O)N(C)C)cc1. The van der Waals surface area contributed by atoms with E-state index in [1.807, 2.05) is 21.1 Å². The quantitative estimate of drug-likeness (QED) is 0.422. The smallest absolute Gasteiger partial charge is 0.239 e. The summed E-state index contributed by atoms with van der Waals surface area (Å²) in [6.07, 6.45) is 4.15. The van der Waals surface area contributed by atoms with E-state index < -0.39 is 0 Å². The summed E-state index contributed by atoms with van der Waals surface area (Å²) in [5.41, 5.74) is 2.65. The van der Waals surface area contributed by atoms with Crippen molar-refractivity contribution in [1.82, 2.24) is 20.0 Å². The van der Waals surface area contributed by atoms with Crippen LogP contribution in [0.15, 0.2) is 29.3 Å². The van der Waals surface area contributed by atoms with Crippen molar-refractivity contribution in [3.05, 3.63) is 35.4 Å². The van der Waals surface area contributed by atoms with Gasteiger partial charge in [0.25, 0.3) is 0 Å². The summed E-state index contributed by atoms with van der Waals surface area (Å²) in [6, 6.07) is 8.83. The molecule has 6 nitrogen and oxygen atoms in total. The topological polar surface area (TPSA) is 51.2 Å². The number of amides is 1. The van der Waals surface area contributed by atoms with Crippen molar-refractivity contribution in [3.63, 3.8) is 0 Å². The molecule has 0 saturated carbocycles. The maximum Gasteiger partial charge on any atom is 0.239 e. The molecule has 0 aliphatic carbocycles. The van der Waals surface area contributed by atoms with E-state index in [9.17, 15) is 4.79 Å². The van der Waals surface area contributed by atoms with E-state index in [1.54, 1.807) is 4.90 Å². The predicted octanol–water partition coefficient (Wildman–Crippen LogP) is 2.20. The highest BCUT2D eigenvalue weighted by Crippen LogP contribution is 2.18. The summed E-state index contributed by atoms with van der Waals surface area (Å²) in [5, 5.41) is 3.46. The van der Waals surface area contributed by atoms with Crippen LogP contribution >= 0.6 is 0 Å². The monoisotopic (exact) mass is 387 g/mol. The Bertz CT molecular complexity index is 641. The number of guanidine groups is 1. The number of carbonyl (C=O) groups is 1. The van der Waals surface area contributed by atoms with E-state index in [4.69, 9.17) is 0 Å². The van der Waals surface area contributed by atoms with Gasteiger partial charge in [0.2, 0.25) is 5.91 Å². The van der Waals surface area contributed by atoms with Gasteiger partial charge in [0, 0.05) is 47.8 Å². The highest BCUT2D eigenvalue weighted by Gasteiger charge is 2.30. The Kier molecular flexibility index (Phi) is 8.77. The third-order valence-electron chi connectivity index (χ3n) is 5.42. The van der Waals surface area contributed by atoms with Crippen LogP contribution in [0.4, 0.5) is 0 Å². The van der Waals surface area contributed by atoms with E-state index in [-0.39, 0.29) is 11.9 Å². The number of aryl methyl sites for hydroxylation is 1. The van der Waals surface area contributed by atoms with Crippen LogP contribution in [0.2, 0.25) is 0 Å². The first-order chi connectivity index (χ1) is 13.5. The summed E-state index contributed by atoms with van der Waals surface area (Å²) in [6.45, 7) is 5.82. The van der Waals surface area contributed by atoms with Crippen molar-refractivity contribution in [2.24, 2.45) is 4.99 Å². The van der Waals surface area contributed by atoms with E-state index in [1.165, 1.54) is 11.1 Å². The Morgan fingerprint density at radius 3 is 2.50 bits per heavy atom. The molecule has 0 radical (unpaired) electrons. The first-order valence-electron chi connectivity index (χ1n) is 10.4. The zero-order chi connectivity index (χ0) is 20.5. The third kappa shape index (κ3) is 6.23. The minimum atomic E-state index is 0.0584. The average Bonchev–Trinajstić information content (AvgIpc) is 3.16. The van der Waals surface area contributed by atoms with Gasteiger partial charge in [-0.25, -0.2) is 0 Å². The number of nitrogens with one attached hydrogen (secondary N) is 1. The van der Waals surface area contributed by atoms with Crippen molar-refractivity contribution in [3.8, 4) is 0 Å². The summed E-state index contributed by atoms with van der Waals surface area (Å²) < 4.78 is 0. The number of benzene rings is 1. The molecule has 1 aromatic carbocycles. The second-order valence-electron chi connectivity index (χ2n) is 7.78. The molecule has 1 heterocycles. The molecule has 0 aromatic heterocycles. The standard InChI is InChI=1S/C22H37N5O/c1-6-18-10-12-19(13-11-18)17-26(5)22(23-2)24-14-8-16-27-15-7-9-20(27)21(28)25(3)4/h10-13,20H,6-9,14-17H2,1-5H3,(H,23,24). The van der Waals surface area contributed by atoms with Crippen LogP contribution in [-0.2, 0) is 17.8 Å². The molecule has 1 amide bonds. The lowest BCUT2D eigenvalue weighted by molar-refractivity contribution is -0.133. The average molecular weight is 388 g/mol. The first kappa shape index (κ1) is 22.2. The Morgan fingerprint density at radius 2 is 1.89 bits per heavy atom. The van der Waals surface area contributed by atoms with Crippen LogP contribution < -0.4 is 5.32 Å². The van der Waals surface area contributed by atoms with Crippen LogP contribution in [0.5, 0.6) is 0 Å². The molecule has 1 aliphatic rings. The zero-order valence-electron chi connectivity index (χ0n) is 18.2. The molecule has 0 bridgehead atoms. The lowest BCUT2D eigenvalue weighted by atomic mass is 10.1. The van der Waals surface area contributed by atoms with Crippen LogP contribution in [0.1, 0.15) is 37.3 Å². The second kappa shape index (κ2) is 11.1. The molecule has 1 aromatic rings. The molecule has 156 valence electrons. The van der Waals surface area contributed by atoms with Crippen LogP contribution in [0, 0.1) is 0 Å². The zero-order valence-corrected chi connectivity index (χ0v) is 18.2. The van der Waals surface area contributed by atoms with Gasteiger partial charge in [0.15, 0.2) is 5.96 Å². The molecule has 1 aliphatic heterocycles. The van der Waals surface area contributed by atoms with Gasteiger partial charge >= 0.3 is 0 Å². The molecule has 1 saturated heterocycles. The number of likely N-dealkylation sites (N-methyl/N-ethyl adjacent to an activating group) is 1. The number of likely N-dealkylation sites (tertiary alicyclic amines) is 1. The first-order valence-corrected chi connectivity index (χ1v) is 10.4. The van der Waals surface area contributed by atoms with Gasteiger partial charge in [-0.1, -0.05) is 31.2 Å². The maximum atomic E-state index is 12.3. The van der Waals surface area contributed by atoms with Gasteiger partial charge < -0.3 is 15.1 Å². The lowest BCUT2D eigenvalue weighted by Crippen LogP contribution is -2.44. The van der Waals surface area contributed by atoms with Crippen molar-refractivity contribution in [2.45, 2.75) is 45.2 Å². The van der Waals surface area contributed by atoms with Crippen LogP contribution in [0.3, 0.4) is 0 Å². The number of carbonyl (C=O) groups excluding carboxylic acids is 1. The molecule has 1 N–H and O–H groups in total. The van der Waals surface area contributed by atoms with Gasteiger partial charge in [0.05, 0.1) is 6.04 Å². The summed E-state index contributed by atoms with van der Waals surface area (Å²) in [5.74, 6) is 1.14. The molecular formula is C22H37N5O. The minimum absolute atomic E-state index is 0.0584. The number of rotatable bonds is 8. The number of hydrogen-bond donors (Lipinski definition) is 1. The highest BCUT2D eigenvalue weighted by atomic mass is 16.2. The van der Waals surface area contributed by atoms with E-state index in [0.29, 0.717) is 0 Å². The number of hydrogen-bond acceptors (Lipinski definition) is 3. The summed E-state index contributed by atoms with van der Waals surface area (Å²) >= 11 is 0. The fraction of sp³-hybridized carbons (Fsp3) is 0.636. The molecule has 1 fully saturated rings. The number of aliphatic imine (C=N–C) groups is 1. The van der Waals surface area contributed by atoms with Gasteiger partial charge in [-0.15, -0.1) is 0 Å². The van der Waals surface area contributed by atoms with Gasteiger partial charge in [0.1, 0.15) is 0 Å². The Labute approximate surface area is 170 Å². The van der Waals surface area contributed by atoms with Crippen molar-refractivity contribution in [2.75, 3.05) is 47.8 Å². The summed E-state index contributed by atoms with van der Waals surface area (Å²) in [4.78, 5) is 22.9. The second-order valence-corrected chi connectivity index (χ2v) is 7.78. The van der Waals surface area contributed by atoms with Crippen LogP contribution in [-0.4, -0.2) is 80.4 Å². The van der Waals surface area contributed by atoms with E-state index in [2.05, 4.69) is 58.3 Å². The van der Waals surface area contributed by atoms with Crippen molar-refractivity contribution < 1.29 is 4.79 Å². The largest absolute Gasteiger partial charge is 0.356 e. The molecule has 2 rings (SSSR count). The third-order valence-corrected chi connectivity index (χ3v) is 5.42. The Hall–Kier alpha value is -2.08. The fourth-order valence-corrected chi connectivity index (χ4v) is 3.77. The van der Waals surface area contributed by atoms with Crippen molar-refractivity contribution >= 4 is 11.9 Å². The minimum Gasteiger partial charge on any atom is -0.356 e. The Balaban J connectivity index is 1.76. The highest BCUT2D eigenvalue weighted by molar-refractivity contribution is 5.81. The maximum absolute atomic E-state index is 12.3. The number of nitrogens with zero attached hydrogens (tertiary/aromatic N) is 4. The molecule has 28 heavy (non-hydrogen) atoms. The van der Waals surface area contributed by atoms with Gasteiger partial charge in [-0.3, -0.25) is 14.7 Å². The van der Waals surface area contributed by atoms with E-state index >= 15 is 0 Å². The van der Waals surface area contributed by atoms with Crippen LogP contribution in [0.25, 0.3) is 0 Å². The summed E-state index contributed by atoms with van der Waals surface area (Å²) in [7, 11) is 7.58. The Morgan fingerprint density at radius 1 is 1.21 bits per heavy atom. The van der Waals surface area contributed by atoms with Crippen molar-refractivity contribution in [1.29, 1.82) is 0 Å². The fourth-order valence-electron chi connectivity index (χ4n) is 3.77. The van der Waals surface area contributed by atoms with Gasteiger partial charge in [-0.2, -0.15) is 0 Å². The molecule has 1 atom stereocenters.